The molecule has 1 amide bonds. The Bertz CT molecular complexity index is 1520. The summed E-state index contributed by atoms with van der Waals surface area (Å²) in [7, 11) is 1.23. The molecule has 0 saturated heterocycles. The predicted molar refractivity (Wildman–Crippen MR) is 306 cm³/mol. The van der Waals surface area contributed by atoms with Crippen molar-refractivity contribution in [1.82, 2.24) is 5.32 Å². The average molecular weight is 1010 g/mol. The second-order valence-corrected chi connectivity index (χ2v) is 21.7. The van der Waals surface area contributed by atoms with Crippen LogP contribution in [0.25, 0.3) is 0 Å². The van der Waals surface area contributed by atoms with Gasteiger partial charge < -0.3 is 28.8 Å². The molecule has 0 aliphatic carbocycles. The van der Waals surface area contributed by atoms with E-state index in [1.165, 1.54) is 109 Å². The summed E-state index contributed by atoms with van der Waals surface area (Å²) >= 11 is 0. The van der Waals surface area contributed by atoms with Gasteiger partial charge in [0, 0.05) is 6.42 Å². The van der Waals surface area contributed by atoms with Crippen molar-refractivity contribution >= 4 is 13.7 Å². The molecule has 0 bridgehead atoms. The first-order chi connectivity index (χ1) is 34.5. The predicted octanol–water partition coefficient (Wildman–Crippen LogP) is 17.0. The number of aliphatic hydroxyl groups is 1. The Morgan fingerprint density at radius 1 is 0.507 bits per heavy atom. The second-order valence-electron chi connectivity index (χ2n) is 20.3. The lowest BCUT2D eigenvalue weighted by Crippen LogP contribution is -2.45. The SMILES string of the molecule is CC/C=C\C/C=C\C/C=C\C/C=C\C/C=C\C/C=C\C/C=C\CCCCCCCCCCCC(=O)NC(COP(=O)([O-])OCC[N+](C)(C)C)C(O)/C=C/CC/C=C/CCCCCCCCCCCCCC. The van der Waals surface area contributed by atoms with Gasteiger partial charge in [0.15, 0.2) is 0 Å². The summed E-state index contributed by atoms with van der Waals surface area (Å²) in [6.45, 7) is 4.50. The monoisotopic (exact) mass is 1010 g/mol. The molecule has 0 aliphatic rings. The van der Waals surface area contributed by atoms with Crippen molar-refractivity contribution in [2.24, 2.45) is 0 Å². The Morgan fingerprint density at radius 2 is 0.873 bits per heavy atom. The van der Waals surface area contributed by atoms with E-state index in [2.05, 4.69) is 116 Å². The molecule has 8 nitrogen and oxygen atoms in total. The number of aliphatic hydroxyl groups excluding tert-OH is 1. The Kier molecular flexibility index (Phi) is 50.0. The molecule has 0 spiro atoms. The average Bonchev–Trinajstić information content (AvgIpc) is 3.33. The van der Waals surface area contributed by atoms with Crippen LogP contribution in [0.4, 0.5) is 0 Å². The van der Waals surface area contributed by atoms with Gasteiger partial charge in [-0.05, 0) is 89.9 Å². The molecular formula is C62H109N2O6P. The minimum Gasteiger partial charge on any atom is -0.756 e. The third-order valence-corrected chi connectivity index (χ3v) is 13.2. The molecule has 0 rings (SSSR count). The van der Waals surface area contributed by atoms with Crippen LogP contribution in [0.3, 0.4) is 0 Å². The smallest absolute Gasteiger partial charge is 0.268 e. The number of unbranched alkanes of at least 4 members (excludes halogenated alkanes) is 22. The number of rotatable bonds is 51. The number of nitrogens with zero attached hydrogens (tertiary/aromatic N) is 1. The number of allylic oxidation sites excluding steroid dienone is 17. The molecule has 408 valence electrons. The van der Waals surface area contributed by atoms with Crippen LogP contribution in [0.15, 0.2) is 109 Å². The van der Waals surface area contributed by atoms with Crippen molar-refractivity contribution in [2.75, 3.05) is 40.9 Å². The molecule has 0 heterocycles. The quantitative estimate of drug-likeness (QED) is 0.0272. The van der Waals surface area contributed by atoms with E-state index in [4.69, 9.17) is 9.05 Å². The summed E-state index contributed by atoms with van der Waals surface area (Å²) in [4.78, 5) is 25.5. The molecule has 0 aromatic carbocycles. The minimum absolute atomic E-state index is 0.0129. The number of quaternary nitrogens is 1. The number of amides is 1. The van der Waals surface area contributed by atoms with Gasteiger partial charge in [0.25, 0.3) is 7.82 Å². The first-order valence-electron chi connectivity index (χ1n) is 28.7. The lowest BCUT2D eigenvalue weighted by Gasteiger charge is -2.29. The zero-order valence-corrected chi connectivity index (χ0v) is 47.3. The Hall–Kier alpha value is -2.84. The summed E-state index contributed by atoms with van der Waals surface area (Å²) in [5, 5.41) is 13.9. The lowest BCUT2D eigenvalue weighted by molar-refractivity contribution is -0.870. The minimum atomic E-state index is -4.61. The van der Waals surface area contributed by atoms with E-state index in [1.54, 1.807) is 6.08 Å². The lowest BCUT2D eigenvalue weighted by atomic mass is 10.0. The number of hydrogen-bond donors (Lipinski definition) is 2. The highest BCUT2D eigenvalue weighted by Gasteiger charge is 2.23. The largest absolute Gasteiger partial charge is 0.756 e. The molecule has 0 aromatic rings. The maximum atomic E-state index is 13.0. The van der Waals surface area contributed by atoms with Gasteiger partial charge in [0.2, 0.25) is 5.91 Å². The highest BCUT2D eigenvalue weighted by Crippen LogP contribution is 2.38. The maximum Gasteiger partial charge on any atom is 0.268 e. The topological polar surface area (TPSA) is 108 Å². The molecule has 0 saturated carbocycles. The van der Waals surface area contributed by atoms with Crippen LogP contribution in [0.2, 0.25) is 0 Å². The fourth-order valence-corrected chi connectivity index (χ4v) is 8.46. The van der Waals surface area contributed by atoms with Gasteiger partial charge in [-0.3, -0.25) is 9.36 Å². The molecule has 0 radical (unpaired) electrons. The van der Waals surface area contributed by atoms with Gasteiger partial charge in [-0.2, -0.15) is 0 Å². The summed E-state index contributed by atoms with van der Waals surface area (Å²) in [6, 6.07) is -0.914. The number of likely N-dealkylation sites (N-methyl/N-ethyl adjacent to an activating group) is 1. The number of carbonyl (C=O) groups is 1. The molecule has 9 heteroatoms. The number of hydrogen-bond acceptors (Lipinski definition) is 6. The van der Waals surface area contributed by atoms with Gasteiger partial charge in [-0.1, -0.05) is 239 Å². The number of phosphoric ester groups is 1. The van der Waals surface area contributed by atoms with Crippen LogP contribution in [-0.2, 0) is 18.4 Å². The van der Waals surface area contributed by atoms with Gasteiger partial charge in [-0.25, -0.2) is 0 Å². The van der Waals surface area contributed by atoms with E-state index in [-0.39, 0.29) is 12.5 Å². The van der Waals surface area contributed by atoms with Crippen LogP contribution < -0.4 is 10.2 Å². The maximum absolute atomic E-state index is 13.0. The first kappa shape index (κ1) is 68.2. The van der Waals surface area contributed by atoms with Gasteiger partial charge in [0.05, 0.1) is 39.9 Å². The van der Waals surface area contributed by atoms with E-state index in [1.807, 2.05) is 27.2 Å². The van der Waals surface area contributed by atoms with Crippen molar-refractivity contribution in [2.45, 2.75) is 238 Å². The van der Waals surface area contributed by atoms with E-state index in [9.17, 15) is 19.4 Å². The molecule has 3 unspecified atom stereocenters. The van der Waals surface area contributed by atoms with E-state index >= 15 is 0 Å². The molecule has 0 aliphatic heterocycles. The van der Waals surface area contributed by atoms with Crippen LogP contribution in [-0.4, -0.2) is 68.5 Å². The van der Waals surface area contributed by atoms with Crippen molar-refractivity contribution in [3.05, 3.63) is 109 Å². The molecular weight excluding hydrogens is 900 g/mol. The summed E-state index contributed by atoms with van der Waals surface area (Å²) in [6.07, 6.45) is 75.9. The molecule has 0 aromatic heterocycles. The first-order valence-corrected chi connectivity index (χ1v) is 30.2. The van der Waals surface area contributed by atoms with Crippen molar-refractivity contribution in [3.63, 3.8) is 0 Å². The molecule has 2 N–H and O–H groups in total. The van der Waals surface area contributed by atoms with Crippen LogP contribution in [0, 0.1) is 0 Å². The van der Waals surface area contributed by atoms with Crippen molar-refractivity contribution < 1.29 is 32.9 Å². The molecule has 71 heavy (non-hydrogen) atoms. The third-order valence-electron chi connectivity index (χ3n) is 12.2. The summed E-state index contributed by atoms with van der Waals surface area (Å²) < 4.78 is 23.3. The standard InChI is InChI=1S/C62H109N2O6P/c1-6-8-10-12-14-16-18-20-22-24-26-27-28-29-30-31-32-33-34-35-36-37-38-40-42-44-46-48-50-52-54-56-62(66)63-60(59-70-71(67,68)69-58-57-64(3,4)5)61(65)55-53-51-49-47-45-43-41-39-25-23-21-19-17-15-13-11-9-7-2/h8,10,14,16,20,22,26-27,29-30,32-33,35-36,45,47,53,55,60-61,65H,6-7,9,11-13,15,17-19,21,23-25,28,31,34,37-44,46,48-52,54,56-59H2,1-5H3,(H-,63,66,67,68)/b10-8-,16-14-,22-20-,27-26-,30-29-,33-32-,36-35-,47-45+,55-53+. The van der Waals surface area contributed by atoms with Crippen molar-refractivity contribution in [3.8, 4) is 0 Å². The zero-order valence-electron chi connectivity index (χ0n) is 46.4. The molecule has 3 atom stereocenters. The normalized spacial score (nSPS) is 14.7. The van der Waals surface area contributed by atoms with E-state index < -0.39 is 26.6 Å². The Balaban J connectivity index is 4.26. The Morgan fingerprint density at radius 3 is 1.31 bits per heavy atom. The summed E-state index contributed by atoms with van der Waals surface area (Å²) in [5.41, 5.74) is 0. The van der Waals surface area contributed by atoms with E-state index in [0.29, 0.717) is 17.4 Å². The fraction of sp³-hybridized carbons (Fsp3) is 0.694. The molecule has 0 fully saturated rings. The number of carbonyl (C=O) groups excluding carboxylic acids is 1. The summed E-state index contributed by atoms with van der Waals surface area (Å²) in [5.74, 6) is -0.218. The third kappa shape index (κ3) is 54.8. The number of nitrogens with one attached hydrogen (secondary N) is 1. The second kappa shape index (κ2) is 52.0. The van der Waals surface area contributed by atoms with Gasteiger partial charge in [0.1, 0.15) is 13.2 Å². The van der Waals surface area contributed by atoms with Gasteiger partial charge >= 0.3 is 0 Å². The van der Waals surface area contributed by atoms with Crippen molar-refractivity contribution in [1.29, 1.82) is 0 Å². The highest BCUT2D eigenvalue weighted by molar-refractivity contribution is 7.45. The number of phosphoric acid groups is 1. The fourth-order valence-electron chi connectivity index (χ4n) is 7.74. The van der Waals surface area contributed by atoms with Crippen LogP contribution >= 0.6 is 7.82 Å². The van der Waals surface area contributed by atoms with Crippen LogP contribution in [0.1, 0.15) is 226 Å². The Labute approximate surface area is 438 Å². The van der Waals surface area contributed by atoms with Gasteiger partial charge in [-0.15, -0.1) is 0 Å². The van der Waals surface area contributed by atoms with Crippen LogP contribution in [0.5, 0.6) is 0 Å². The highest BCUT2D eigenvalue weighted by atomic mass is 31.2. The van der Waals surface area contributed by atoms with E-state index in [0.717, 1.165) is 96.3 Å². The zero-order chi connectivity index (χ0) is 52.0.